The van der Waals surface area contributed by atoms with E-state index >= 15 is 0 Å². The maximum absolute atomic E-state index is 11.2. The Morgan fingerprint density at radius 1 is 1.48 bits per heavy atom. The predicted molar refractivity (Wildman–Crippen MR) is 82.7 cm³/mol. The van der Waals surface area contributed by atoms with Gasteiger partial charge in [-0.2, -0.15) is 0 Å². The van der Waals surface area contributed by atoms with Crippen LogP contribution in [-0.2, 0) is 9.53 Å². The Bertz CT molecular complexity index is 488. The summed E-state index contributed by atoms with van der Waals surface area (Å²) >= 11 is 0. The molecule has 1 amide bonds. The molecule has 1 aromatic carbocycles. The van der Waals surface area contributed by atoms with Crippen LogP contribution in [0, 0.1) is 0 Å². The molecule has 21 heavy (non-hydrogen) atoms. The van der Waals surface area contributed by atoms with Crippen LogP contribution in [-0.4, -0.2) is 37.8 Å². The fourth-order valence-corrected chi connectivity index (χ4v) is 2.49. The number of hydrogen-bond acceptors (Lipinski definition) is 4. The third-order valence-electron chi connectivity index (χ3n) is 3.55. The van der Waals surface area contributed by atoms with Crippen LogP contribution in [0.2, 0.25) is 0 Å². The zero-order valence-corrected chi connectivity index (χ0v) is 12.9. The lowest BCUT2D eigenvalue weighted by molar-refractivity contribution is -0.122. The van der Waals surface area contributed by atoms with Crippen molar-refractivity contribution < 1.29 is 14.3 Å². The molecule has 5 heteroatoms. The van der Waals surface area contributed by atoms with Crippen LogP contribution < -0.4 is 15.4 Å². The molecule has 0 bridgehead atoms. The standard InChI is InChI=1S/C16H24N2O3/c1-16(2)10-13(7-8-21-16)18-12-5-4-6-14(9-12)20-11-15(19)17-3/h4-6,9,13,18H,7-8,10-11H2,1-3H3,(H,17,19). The van der Waals surface area contributed by atoms with Gasteiger partial charge in [-0.1, -0.05) is 6.07 Å². The molecule has 2 rings (SSSR count). The lowest BCUT2D eigenvalue weighted by Gasteiger charge is -2.36. The second kappa shape index (κ2) is 6.80. The van der Waals surface area contributed by atoms with Crippen molar-refractivity contribution in [1.29, 1.82) is 0 Å². The van der Waals surface area contributed by atoms with Gasteiger partial charge in [0, 0.05) is 31.5 Å². The van der Waals surface area contributed by atoms with Crippen LogP contribution >= 0.6 is 0 Å². The summed E-state index contributed by atoms with van der Waals surface area (Å²) in [5, 5.41) is 6.05. The largest absolute Gasteiger partial charge is 0.484 e. The Balaban J connectivity index is 1.93. The number of carbonyl (C=O) groups excluding carboxylic acids is 1. The highest BCUT2D eigenvalue weighted by molar-refractivity contribution is 5.77. The Hall–Kier alpha value is -1.75. The minimum Gasteiger partial charge on any atom is -0.484 e. The molecule has 0 saturated carbocycles. The Kier molecular flexibility index (Phi) is 5.07. The maximum atomic E-state index is 11.2. The van der Waals surface area contributed by atoms with E-state index in [-0.39, 0.29) is 18.1 Å². The Morgan fingerprint density at radius 2 is 2.29 bits per heavy atom. The van der Waals surface area contributed by atoms with Gasteiger partial charge >= 0.3 is 0 Å². The van der Waals surface area contributed by atoms with E-state index in [4.69, 9.17) is 9.47 Å². The zero-order valence-electron chi connectivity index (χ0n) is 12.9. The molecule has 0 aromatic heterocycles. The summed E-state index contributed by atoms with van der Waals surface area (Å²) in [6, 6.07) is 8.09. The molecule has 116 valence electrons. The summed E-state index contributed by atoms with van der Waals surface area (Å²) in [6.07, 6.45) is 1.96. The summed E-state index contributed by atoms with van der Waals surface area (Å²) < 4.78 is 11.2. The summed E-state index contributed by atoms with van der Waals surface area (Å²) in [5.74, 6) is 0.550. The third-order valence-corrected chi connectivity index (χ3v) is 3.55. The molecule has 1 unspecified atom stereocenters. The molecule has 2 N–H and O–H groups in total. The smallest absolute Gasteiger partial charge is 0.257 e. The number of ether oxygens (including phenoxy) is 2. The fraction of sp³-hybridized carbons (Fsp3) is 0.562. The minimum absolute atomic E-state index is 0.0320. The predicted octanol–water partition coefficient (Wildman–Crippen LogP) is 2.18. The second-order valence-electron chi connectivity index (χ2n) is 5.93. The van der Waals surface area contributed by atoms with Crippen molar-refractivity contribution in [3.05, 3.63) is 24.3 Å². The first-order chi connectivity index (χ1) is 9.98. The van der Waals surface area contributed by atoms with Gasteiger partial charge in [0.25, 0.3) is 5.91 Å². The van der Waals surface area contributed by atoms with Crippen molar-refractivity contribution in [2.45, 2.75) is 38.3 Å². The van der Waals surface area contributed by atoms with Gasteiger partial charge in [-0.3, -0.25) is 4.79 Å². The number of benzene rings is 1. The number of nitrogens with one attached hydrogen (secondary N) is 2. The summed E-state index contributed by atoms with van der Waals surface area (Å²) in [6.45, 7) is 5.04. The van der Waals surface area contributed by atoms with Crippen LogP contribution in [0.25, 0.3) is 0 Å². The lowest BCUT2D eigenvalue weighted by Crippen LogP contribution is -2.40. The Labute approximate surface area is 126 Å². The maximum Gasteiger partial charge on any atom is 0.257 e. The highest BCUT2D eigenvalue weighted by Crippen LogP contribution is 2.27. The molecule has 1 aromatic rings. The molecule has 0 aliphatic carbocycles. The molecular formula is C16H24N2O3. The van der Waals surface area contributed by atoms with Gasteiger partial charge in [-0.15, -0.1) is 0 Å². The average molecular weight is 292 g/mol. The van der Waals surface area contributed by atoms with Crippen LogP contribution in [0.1, 0.15) is 26.7 Å². The first kappa shape index (κ1) is 15.6. The second-order valence-corrected chi connectivity index (χ2v) is 5.93. The molecule has 1 atom stereocenters. The van der Waals surface area contributed by atoms with Crippen molar-refractivity contribution in [3.8, 4) is 5.75 Å². The summed E-state index contributed by atoms with van der Waals surface area (Å²) in [4.78, 5) is 11.2. The fourth-order valence-electron chi connectivity index (χ4n) is 2.49. The van der Waals surface area contributed by atoms with Crippen LogP contribution in [0.3, 0.4) is 0 Å². The van der Waals surface area contributed by atoms with Gasteiger partial charge in [0.2, 0.25) is 0 Å². The van der Waals surface area contributed by atoms with Crippen LogP contribution in [0.4, 0.5) is 5.69 Å². The van der Waals surface area contributed by atoms with Gasteiger partial charge in [0.1, 0.15) is 5.75 Å². The quantitative estimate of drug-likeness (QED) is 0.873. The normalized spacial score (nSPS) is 20.6. The van der Waals surface area contributed by atoms with E-state index in [1.165, 1.54) is 0 Å². The van der Waals surface area contributed by atoms with E-state index in [0.717, 1.165) is 25.1 Å². The molecule has 1 saturated heterocycles. The number of carbonyl (C=O) groups is 1. The van der Waals surface area contributed by atoms with Gasteiger partial charge in [-0.05, 0) is 38.8 Å². The summed E-state index contributed by atoms with van der Waals surface area (Å²) in [5.41, 5.74) is 0.926. The van der Waals surface area contributed by atoms with E-state index in [1.807, 2.05) is 24.3 Å². The molecular weight excluding hydrogens is 268 g/mol. The Morgan fingerprint density at radius 3 is 3.00 bits per heavy atom. The zero-order chi connectivity index (χ0) is 15.3. The molecule has 1 aliphatic rings. The molecule has 1 aliphatic heterocycles. The first-order valence-corrected chi connectivity index (χ1v) is 7.32. The van der Waals surface area contributed by atoms with Gasteiger partial charge < -0.3 is 20.1 Å². The van der Waals surface area contributed by atoms with Gasteiger partial charge in [0.15, 0.2) is 6.61 Å². The average Bonchev–Trinajstić information content (AvgIpc) is 2.44. The van der Waals surface area contributed by atoms with E-state index < -0.39 is 0 Å². The van der Waals surface area contributed by atoms with Crippen molar-refractivity contribution in [1.82, 2.24) is 5.32 Å². The highest BCUT2D eigenvalue weighted by atomic mass is 16.5. The van der Waals surface area contributed by atoms with Crippen molar-refractivity contribution in [2.75, 3.05) is 25.6 Å². The molecule has 0 spiro atoms. The number of amides is 1. The van der Waals surface area contributed by atoms with E-state index in [2.05, 4.69) is 24.5 Å². The summed E-state index contributed by atoms with van der Waals surface area (Å²) in [7, 11) is 1.59. The molecule has 1 heterocycles. The molecule has 5 nitrogen and oxygen atoms in total. The van der Waals surface area contributed by atoms with E-state index in [0.29, 0.717) is 11.8 Å². The monoisotopic (exact) mass is 292 g/mol. The van der Waals surface area contributed by atoms with Crippen molar-refractivity contribution >= 4 is 11.6 Å². The lowest BCUT2D eigenvalue weighted by atomic mass is 9.94. The van der Waals surface area contributed by atoms with Crippen molar-refractivity contribution in [3.63, 3.8) is 0 Å². The molecule has 1 fully saturated rings. The van der Waals surface area contributed by atoms with E-state index in [1.54, 1.807) is 7.05 Å². The number of rotatable bonds is 5. The number of hydrogen-bond donors (Lipinski definition) is 2. The van der Waals surface area contributed by atoms with Gasteiger partial charge in [-0.25, -0.2) is 0 Å². The van der Waals surface area contributed by atoms with Crippen molar-refractivity contribution in [2.24, 2.45) is 0 Å². The number of likely N-dealkylation sites (N-methyl/N-ethyl adjacent to an activating group) is 1. The minimum atomic E-state index is -0.139. The third kappa shape index (κ3) is 4.93. The molecule has 0 radical (unpaired) electrons. The van der Waals surface area contributed by atoms with Gasteiger partial charge in [0.05, 0.1) is 5.60 Å². The first-order valence-electron chi connectivity index (χ1n) is 7.32. The highest BCUT2D eigenvalue weighted by Gasteiger charge is 2.28. The van der Waals surface area contributed by atoms with E-state index in [9.17, 15) is 4.79 Å². The van der Waals surface area contributed by atoms with Crippen LogP contribution in [0.15, 0.2) is 24.3 Å². The topological polar surface area (TPSA) is 59.6 Å². The van der Waals surface area contributed by atoms with Crippen LogP contribution in [0.5, 0.6) is 5.75 Å². The number of anilines is 1. The SMILES string of the molecule is CNC(=O)COc1cccc(NC2CCOC(C)(C)C2)c1.